The smallest absolute Gasteiger partial charge is 0.164 e. The van der Waals surface area contributed by atoms with Crippen molar-refractivity contribution >= 4 is 27.4 Å². The van der Waals surface area contributed by atoms with Gasteiger partial charge in [0.05, 0.1) is 11.5 Å². The van der Waals surface area contributed by atoms with Crippen molar-refractivity contribution in [3.8, 4) is 11.4 Å². The highest BCUT2D eigenvalue weighted by Crippen LogP contribution is 2.40. The minimum Gasteiger partial charge on any atom is -0.393 e. The number of aliphatic hydroxyl groups is 1. The number of nitrogens with zero attached hydrogens (tertiary/aromatic N) is 3. The summed E-state index contributed by atoms with van der Waals surface area (Å²) in [4.78, 5) is 16.4. The Bertz CT molecular complexity index is 940. The molecule has 2 aliphatic rings. The van der Waals surface area contributed by atoms with Gasteiger partial charge in [-0.2, -0.15) is 0 Å². The molecule has 3 aromatic rings. The first-order chi connectivity index (χ1) is 12.8. The molecule has 5 rings (SSSR count). The van der Waals surface area contributed by atoms with Gasteiger partial charge in [0.25, 0.3) is 0 Å². The number of hydrogen-bond donors (Lipinski definition) is 2. The van der Waals surface area contributed by atoms with Crippen LogP contribution >= 0.6 is 11.3 Å². The predicted octanol–water partition coefficient (Wildman–Crippen LogP) is 3.81. The maximum Gasteiger partial charge on any atom is 0.164 e. The fourth-order valence-corrected chi connectivity index (χ4v) is 5.49. The summed E-state index contributed by atoms with van der Waals surface area (Å²) in [6.45, 7) is 0.768. The van der Waals surface area contributed by atoms with Crippen LogP contribution in [0.15, 0.2) is 24.5 Å². The molecule has 3 aromatic heterocycles. The summed E-state index contributed by atoms with van der Waals surface area (Å²) >= 11 is 1.81. The van der Waals surface area contributed by atoms with E-state index in [4.69, 9.17) is 9.97 Å². The van der Waals surface area contributed by atoms with Crippen molar-refractivity contribution < 1.29 is 5.11 Å². The molecule has 2 aliphatic carbocycles. The van der Waals surface area contributed by atoms with Crippen molar-refractivity contribution in [1.29, 1.82) is 0 Å². The van der Waals surface area contributed by atoms with Gasteiger partial charge in [0.15, 0.2) is 5.82 Å². The van der Waals surface area contributed by atoms with E-state index < -0.39 is 0 Å². The second-order valence-corrected chi connectivity index (χ2v) is 8.40. The standard InChI is InChI=1S/C20H22N4OS/c25-15-7-1-4-12(15)11-22-19-17-14-6-2-8-16(14)26-20(17)24-18(23-19)13-5-3-9-21-10-13/h3,5,9-10,12,15,25H,1-2,4,6-8,11H2,(H,22,23,24). The lowest BCUT2D eigenvalue weighted by Crippen LogP contribution is -2.22. The lowest BCUT2D eigenvalue weighted by Gasteiger charge is -2.16. The molecule has 1 saturated carbocycles. The average Bonchev–Trinajstić information content (AvgIpc) is 3.36. The lowest BCUT2D eigenvalue weighted by molar-refractivity contribution is 0.138. The number of aliphatic hydroxyl groups excluding tert-OH is 1. The summed E-state index contributed by atoms with van der Waals surface area (Å²) in [7, 11) is 0. The third-order valence-corrected chi connectivity index (χ3v) is 6.82. The Balaban J connectivity index is 1.57. The van der Waals surface area contributed by atoms with Crippen molar-refractivity contribution in [3.63, 3.8) is 0 Å². The largest absolute Gasteiger partial charge is 0.393 e. The number of nitrogens with one attached hydrogen (secondary N) is 1. The van der Waals surface area contributed by atoms with E-state index in [1.165, 1.54) is 22.2 Å². The molecule has 0 radical (unpaired) electrons. The number of anilines is 1. The van der Waals surface area contributed by atoms with E-state index in [-0.39, 0.29) is 6.10 Å². The first-order valence-corrected chi connectivity index (χ1v) is 10.3. The van der Waals surface area contributed by atoms with Gasteiger partial charge in [-0.05, 0) is 49.8 Å². The summed E-state index contributed by atoms with van der Waals surface area (Å²) < 4.78 is 0. The molecule has 134 valence electrons. The maximum atomic E-state index is 10.1. The fraction of sp³-hybridized carbons (Fsp3) is 0.450. The quantitative estimate of drug-likeness (QED) is 0.735. The Morgan fingerprint density at radius 3 is 2.96 bits per heavy atom. The number of aromatic nitrogens is 3. The Morgan fingerprint density at radius 1 is 1.19 bits per heavy atom. The highest BCUT2D eigenvalue weighted by atomic mass is 32.1. The van der Waals surface area contributed by atoms with Crippen LogP contribution in [0.4, 0.5) is 5.82 Å². The number of rotatable bonds is 4. The van der Waals surface area contributed by atoms with Crippen LogP contribution in [0.3, 0.4) is 0 Å². The zero-order valence-electron chi connectivity index (χ0n) is 14.6. The van der Waals surface area contributed by atoms with E-state index in [0.29, 0.717) is 5.92 Å². The minimum atomic E-state index is -0.189. The van der Waals surface area contributed by atoms with Gasteiger partial charge < -0.3 is 10.4 Å². The second-order valence-electron chi connectivity index (χ2n) is 7.31. The van der Waals surface area contributed by atoms with Crippen LogP contribution in [-0.2, 0) is 12.8 Å². The van der Waals surface area contributed by atoms with Crippen LogP contribution in [0.2, 0.25) is 0 Å². The van der Waals surface area contributed by atoms with Crippen LogP contribution in [0, 0.1) is 5.92 Å². The van der Waals surface area contributed by atoms with Crippen LogP contribution < -0.4 is 5.32 Å². The minimum absolute atomic E-state index is 0.189. The molecule has 5 nitrogen and oxygen atoms in total. The lowest BCUT2D eigenvalue weighted by atomic mass is 10.1. The molecule has 0 amide bonds. The summed E-state index contributed by atoms with van der Waals surface area (Å²) in [6, 6.07) is 3.92. The zero-order valence-corrected chi connectivity index (χ0v) is 15.4. The van der Waals surface area contributed by atoms with E-state index in [0.717, 1.165) is 60.7 Å². The number of aryl methyl sites for hydroxylation is 2. The van der Waals surface area contributed by atoms with E-state index in [2.05, 4.69) is 10.3 Å². The molecular formula is C20H22N4OS. The Hall–Kier alpha value is -2.05. The number of hydrogen-bond acceptors (Lipinski definition) is 6. The number of fused-ring (bicyclic) bond motifs is 3. The molecule has 2 atom stereocenters. The zero-order chi connectivity index (χ0) is 17.5. The maximum absolute atomic E-state index is 10.1. The topological polar surface area (TPSA) is 70.9 Å². The molecule has 0 saturated heterocycles. The van der Waals surface area contributed by atoms with Crippen LogP contribution in [0.5, 0.6) is 0 Å². The highest BCUT2D eigenvalue weighted by Gasteiger charge is 2.27. The van der Waals surface area contributed by atoms with Crippen molar-refractivity contribution in [2.75, 3.05) is 11.9 Å². The molecule has 3 heterocycles. The van der Waals surface area contributed by atoms with Gasteiger partial charge in [-0.3, -0.25) is 4.98 Å². The summed E-state index contributed by atoms with van der Waals surface area (Å²) in [5.41, 5.74) is 2.36. The molecule has 26 heavy (non-hydrogen) atoms. The van der Waals surface area contributed by atoms with Gasteiger partial charge in [0.1, 0.15) is 10.6 Å². The Morgan fingerprint density at radius 2 is 2.15 bits per heavy atom. The van der Waals surface area contributed by atoms with Gasteiger partial charge in [-0.15, -0.1) is 11.3 Å². The SMILES string of the molecule is OC1CCCC1CNc1nc(-c2cccnc2)nc2sc3c(c12)CCC3. The van der Waals surface area contributed by atoms with Crippen LogP contribution in [0.25, 0.3) is 21.6 Å². The van der Waals surface area contributed by atoms with E-state index in [1.807, 2.05) is 29.7 Å². The number of pyridine rings is 1. The van der Waals surface area contributed by atoms with Crippen molar-refractivity contribution in [1.82, 2.24) is 15.0 Å². The predicted molar refractivity (Wildman–Crippen MR) is 105 cm³/mol. The molecule has 0 spiro atoms. The molecule has 1 fully saturated rings. The highest BCUT2D eigenvalue weighted by molar-refractivity contribution is 7.19. The van der Waals surface area contributed by atoms with Gasteiger partial charge in [-0.25, -0.2) is 9.97 Å². The molecule has 0 bridgehead atoms. The summed E-state index contributed by atoms with van der Waals surface area (Å²) in [5, 5.41) is 14.9. The molecule has 6 heteroatoms. The third kappa shape index (κ3) is 2.77. The summed E-state index contributed by atoms with van der Waals surface area (Å²) in [6.07, 6.45) is 10.00. The summed E-state index contributed by atoms with van der Waals surface area (Å²) in [5.74, 6) is 1.96. The molecule has 2 N–H and O–H groups in total. The van der Waals surface area contributed by atoms with E-state index in [1.54, 1.807) is 6.20 Å². The van der Waals surface area contributed by atoms with Gasteiger partial charge in [0.2, 0.25) is 0 Å². The van der Waals surface area contributed by atoms with E-state index in [9.17, 15) is 5.11 Å². The van der Waals surface area contributed by atoms with E-state index >= 15 is 0 Å². The molecule has 0 aromatic carbocycles. The van der Waals surface area contributed by atoms with Crippen molar-refractivity contribution in [3.05, 3.63) is 35.0 Å². The fourth-order valence-electron chi connectivity index (χ4n) is 4.23. The first kappa shape index (κ1) is 16.1. The van der Waals surface area contributed by atoms with Crippen molar-refractivity contribution in [2.24, 2.45) is 5.92 Å². The average molecular weight is 366 g/mol. The van der Waals surface area contributed by atoms with Gasteiger partial charge in [0, 0.05) is 35.3 Å². The molecule has 2 unspecified atom stereocenters. The second kappa shape index (κ2) is 6.59. The Labute approximate surface area is 156 Å². The van der Waals surface area contributed by atoms with Gasteiger partial charge >= 0.3 is 0 Å². The first-order valence-electron chi connectivity index (χ1n) is 9.44. The van der Waals surface area contributed by atoms with Crippen LogP contribution in [0.1, 0.15) is 36.1 Å². The molecular weight excluding hydrogens is 344 g/mol. The monoisotopic (exact) mass is 366 g/mol. The van der Waals surface area contributed by atoms with Crippen LogP contribution in [-0.4, -0.2) is 32.7 Å². The molecule has 0 aliphatic heterocycles. The van der Waals surface area contributed by atoms with Gasteiger partial charge in [-0.1, -0.05) is 6.42 Å². The number of thiophene rings is 1. The third-order valence-electron chi connectivity index (χ3n) is 5.64. The van der Waals surface area contributed by atoms with Crippen molar-refractivity contribution in [2.45, 2.75) is 44.6 Å². The Kier molecular flexibility index (Phi) is 4.10. The normalized spacial score (nSPS) is 22.0.